The molecule has 1 amide bonds. The highest BCUT2D eigenvalue weighted by Gasteiger charge is 2.20. The monoisotopic (exact) mass is 330 g/mol. The molecular weight excluding hydrogens is 308 g/mol. The lowest BCUT2D eigenvalue weighted by atomic mass is 9.99. The normalized spacial score (nSPS) is 15.8. The maximum atomic E-state index is 12.2. The van der Waals surface area contributed by atoms with Crippen molar-refractivity contribution in [3.63, 3.8) is 0 Å². The van der Waals surface area contributed by atoms with Crippen LogP contribution in [0.15, 0.2) is 41.0 Å². The van der Waals surface area contributed by atoms with Crippen LogP contribution < -0.4 is 0 Å². The van der Waals surface area contributed by atoms with Crippen molar-refractivity contribution in [1.29, 1.82) is 0 Å². The number of nitrogens with zero attached hydrogens (tertiary/aromatic N) is 2. The van der Waals surface area contributed by atoms with Gasteiger partial charge in [0.05, 0.1) is 11.4 Å². The van der Waals surface area contributed by atoms with Crippen molar-refractivity contribution >= 4 is 17.7 Å². The first-order chi connectivity index (χ1) is 11.2. The van der Waals surface area contributed by atoms with E-state index in [1.165, 1.54) is 0 Å². The van der Waals surface area contributed by atoms with Crippen LogP contribution in [-0.2, 0) is 10.5 Å². The minimum Gasteiger partial charge on any atom is -0.444 e. The number of rotatable bonds is 5. The van der Waals surface area contributed by atoms with E-state index >= 15 is 0 Å². The molecule has 0 atom stereocenters. The van der Waals surface area contributed by atoms with E-state index in [1.807, 2.05) is 35.2 Å². The van der Waals surface area contributed by atoms with Gasteiger partial charge in [-0.25, -0.2) is 4.98 Å². The lowest BCUT2D eigenvalue weighted by molar-refractivity contribution is -0.129. The summed E-state index contributed by atoms with van der Waals surface area (Å²) in [5, 5.41) is 0. The molecular formula is C18H22N2O2S. The summed E-state index contributed by atoms with van der Waals surface area (Å²) in [4.78, 5) is 18.7. The van der Waals surface area contributed by atoms with Gasteiger partial charge in [0, 0.05) is 24.4 Å². The molecule has 1 fully saturated rings. The van der Waals surface area contributed by atoms with Gasteiger partial charge >= 0.3 is 0 Å². The SMILES string of the molecule is CC1CCN(C(=O)CSCc2coc(-c3ccccc3)n2)CC1. The van der Waals surface area contributed by atoms with Crippen LogP contribution in [0.1, 0.15) is 25.5 Å². The van der Waals surface area contributed by atoms with Gasteiger partial charge in [0.25, 0.3) is 0 Å². The number of hydrogen-bond acceptors (Lipinski definition) is 4. The van der Waals surface area contributed by atoms with Gasteiger partial charge in [-0.15, -0.1) is 11.8 Å². The number of hydrogen-bond donors (Lipinski definition) is 0. The average molecular weight is 330 g/mol. The van der Waals surface area contributed by atoms with Crippen LogP contribution in [0.25, 0.3) is 11.5 Å². The molecule has 23 heavy (non-hydrogen) atoms. The molecule has 5 heteroatoms. The Balaban J connectivity index is 1.46. The van der Waals surface area contributed by atoms with E-state index in [0.717, 1.165) is 43.1 Å². The summed E-state index contributed by atoms with van der Waals surface area (Å²) >= 11 is 1.60. The lowest BCUT2D eigenvalue weighted by Crippen LogP contribution is -2.38. The number of oxazole rings is 1. The molecule has 1 aromatic heterocycles. The Morgan fingerprint density at radius 1 is 1.30 bits per heavy atom. The van der Waals surface area contributed by atoms with Crippen molar-refractivity contribution in [2.75, 3.05) is 18.8 Å². The van der Waals surface area contributed by atoms with Crippen molar-refractivity contribution in [3.8, 4) is 11.5 Å². The van der Waals surface area contributed by atoms with E-state index in [-0.39, 0.29) is 5.91 Å². The van der Waals surface area contributed by atoms with Crippen LogP contribution in [0.4, 0.5) is 0 Å². The van der Waals surface area contributed by atoms with E-state index in [4.69, 9.17) is 4.42 Å². The number of carbonyl (C=O) groups excluding carboxylic acids is 1. The highest BCUT2D eigenvalue weighted by atomic mass is 32.2. The Labute approximate surface area is 141 Å². The van der Waals surface area contributed by atoms with Gasteiger partial charge in [0.2, 0.25) is 11.8 Å². The van der Waals surface area contributed by atoms with Gasteiger partial charge in [-0.3, -0.25) is 4.79 Å². The second-order valence-corrected chi connectivity index (χ2v) is 7.05. The molecule has 3 rings (SSSR count). The molecule has 0 aliphatic carbocycles. The molecule has 2 heterocycles. The summed E-state index contributed by atoms with van der Waals surface area (Å²) in [5.41, 5.74) is 1.86. The highest BCUT2D eigenvalue weighted by Crippen LogP contribution is 2.21. The van der Waals surface area contributed by atoms with Crippen molar-refractivity contribution in [1.82, 2.24) is 9.88 Å². The molecule has 0 unspecified atom stereocenters. The Bertz CT molecular complexity index is 633. The molecule has 1 aliphatic heterocycles. The molecule has 0 N–H and O–H groups in total. The smallest absolute Gasteiger partial charge is 0.232 e. The Morgan fingerprint density at radius 3 is 2.78 bits per heavy atom. The van der Waals surface area contributed by atoms with Gasteiger partial charge in [0.15, 0.2) is 0 Å². The first kappa shape index (κ1) is 16.1. The van der Waals surface area contributed by atoms with E-state index in [0.29, 0.717) is 17.4 Å². The third kappa shape index (κ3) is 4.38. The largest absolute Gasteiger partial charge is 0.444 e. The topological polar surface area (TPSA) is 46.3 Å². The van der Waals surface area contributed by atoms with Crippen molar-refractivity contribution < 1.29 is 9.21 Å². The standard InChI is InChI=1S/C18H22N2O2S/c1-14-7-9-20(10-8-14)17(21)13-23-12-16-11-22-18(19-16)15-5-3-2-4-6-15/h2-6,11,14H,7-10,12-13H2,1H3. The van der Waals surface area contributed by atoms with Gasteiger partial charge in [-0.2, -0.15) is 0 Å². The third-order valence-electron chi connectivity index (χ3n) is 4.18. The van der Waals surface area contributed by atoms with Crippen LogP contribution >= 0.6 is 11.8 Å². The zero-order valence-corrected chi connectivity index (χ0v) is 14.2. The van der Waals surface area contributed by atoms with Crippen molar-refractivity contribution in [2.45, 2.75) is 25.5 Å². The van der Waals surface area contributed by atoms with Crippen molar-refractivity contribution in [2.24, 2.45) is 5.92 Å². The number of aromatic nitrogens is 1. The van der Waals surface area contributed by atoms with Gasteiger partial charge in [0.1, 0.15) is 6.26 Å². The van der Waals surface area contributed by atoms with Crippen molar-refractivity contribution in [3.05, 3.63) is 42.3 Å². The fourth-order valence-corrected chi connectivity index (χ4v) is 3.48. The first-order valence-corrected chi connectivity index (χ1v) is 9.23. The molecule has 4 nitrogen and oxygen atoms in total. The zero-order valence-electron chi connectivity index (χ0n) is 13.4. The summed E-state index contributed by atoms with van der Waals surface area (Å²) in [7, 11) is 0. The summed E-state index contributed by atoms with van der Waals surface area (Å²) in [6.07, 6.45) is 3.93. The minimum absolute atomic E-state index is 0.244. The summed E-state index contributed by atoms with van der Waals surface area (Å²) in [6, 6.07) is 9.85. The van der Waals surface area contributed by atoms with Gasteiger partial charge in [-0.05, 0) is 30.9 Å². The predicted octanol–water partition coefficient (Wildman–Crippen LogP) is 3.83. The van der Waals surface area contributed by atoms with E-state index in [1.54, 1.807) is 18.0 Å². The quantitative estimate of drug-likeness (QED) is 0.836. The zero-order chi connectivity index (χ0) is 16.1. The number of amides is 1. The number of piperidine rings is 1. The third-order valence-corrected chi connectivity index (χ3v) is 5.14. The molecule has 0 radical (unpaired) electrons. The fraction of sp³-hybridized carbons (Fsp3) is 0.444. The maximum absolute atomic E-state index is 12.2. The number of carbonyl (C=O) groups is 1. The van der Waals surface area contributed by atoms with Gasteiger partial charge in [-0.1, -0.05) is 25.1 Å². The highest BCUT2D eigenvalue weighted by molar-refractivity contribution is 7.99. The molecule has 0 spiro atoms. The lowest BCUT2D eigenvalue weighted by Gasteiger charge is -2.30. The molecule has 1 aromatic carbocycles. The van der Waals surface area contributed by atoms with Crippen LogP contribution in [0, 0.1) is 5.92 Å². The minimum atomic E-state index is 0.244. The second-order valence-electron chi connectivity index (χ2n) is 6.07. The number of likely N-dealkylation sites (tertiary alicyclic amines) is 1. The summed E-state index contributed by atoms with van der Waals surface area (Å²) < 4.78 is 5.52. The predicted molar refractivity (Wildman–Crippen MR) is 93.1 cm³/mol. The number of benzene rings is 1. The molecule has 2 aromatic rings. The maximum Gasteiger partial charge on any atom is 0.232 e. The number of thioether (sulfide) groups is 1. The first-order valence-electron chi connectivity index (χ1n) is 8.07. The Morgan fingerprint density at radius 2 is 2.04 bits per heavy atom. The summed E-state index contributed by atoms with van der Waals surface area (Å²) in [5.74, 6) is 2.85. The second kappa shape index (κ2) is 7.68. The van der Waals surface area contributed by atoms with Crippen LogP contribution in [0.5, 0.6) is 0 Å². The molecule has 122 valence electrons. The average Bonchev–Trinajstić information content (AvgIpc) is 3.05. The van der Waals surface area contributed by atoms with E-state index < -0.39 is 0 Å². The molecule has 0 saturated carbocycles. The van der Waals surface area contributed by atoms with E-state index in [9.17, 15) is 4.79 Å². The van der Waals surface area contributed by atoms with Gasteiger partial charge < -0.3 is 9.32 Å². The molecule has 1 saturated heterocycles. The Hall–Kier alpha value is -1.75. The van der Waals surface area contributed by atoms with E-state index in [2.05, 4.69) is 11.9 Å². The fourth-order valence-electron chi connectivity index (χ4n) is 2.68. The van der Waals surface area contributed by atoms with Crippen LogP contribution in [0.3, 0.4) is 0 Å². The van der Waals surface area contributed by atoms with Crippen LogP contribution in [0.2, 0.25) is 0 Å². The molecule has 0 bridgehead atoms. The van der Waals surface area contributed by atoms with Crippen LogP contribution in [-0.4, -0.2) is 34.6 Å². The Kier molecular flexibility index (Phi) is 5.39. The summed E-state index contributed by atoms with van der Waals surface area (Å²) in [6.45, 7) is 4.07. The molecule has 1 aliphatic rings.